The van der Waals surface area contributed by atoms with E-state index in [4.69, 9.17) is 9.47 Å². The maximum Gasteiger partial charge on any atom is 0.119 e. The summed E-state index contributed by atoms with van der Waals surface area (Å²) in [6.07, 6.45) is 0. The lowest BCUT2D eigenvalue weighted by Crippen LogP contribution is -2.50. The van der Waals surface area contributed by atoms with Gasteiger partial charge in [-0.3, -0.25) is 4.90 Å². The smallest absolute Gasteiger partial charge is 0.119 e. The first-order valence-electron chi connectivity index (χ1n) is 7.06. The summed E-state index contributed by atoms with van der Waals surface area (Å²) in [7, 11) is 0. The average molecular weight is 264 g/mol. The number of nitrogens with zero attached hydrogens (tertiary/aromatic N) is 1. The third-order valence-electron chi connectivity index (χ3n) is 3.40. The van der Waals surface area contributed by atoms with E-state index in [9.17, 15) is 0 Å². The molecule has 1 aromatic rings. The minimum atomic E-state index is 0.609. The van der Waals surface area contributed by atoms with Crippen molar-refractivity contribution in [1.82, 2.24) is 10.2 Å². The van der Waals surface area contributed by atoms with E-state index >= 15 is 0 Å². The van der Waals surface area contributed by atoms with Gasteiger partial charge in [-0.1, -0.05) is 18.2 Å². The van der Waals surface area contributed by atoms with Crippen molar-refractivity contribution >= 4 is 0 Å². The first kappa shape index (κ1) is 14.3. The van der Waals surface area contributed by atoms with Gasteiger partial charge in [0.05, 0.1) is 13.2 Å². The van der Waals surface area contributed by atoms with Gasteiger partial charge < -0.3 is 14.8 Å². The molecule has 2 rings (SSSR count). The molecule has 0 aromatic heterocycles. The molecule has 0 aliphatic carbocycles. The van der Waals surface area contributed by atoms with Crippen LogP contribution >= 0.6 is 0 Å². The largest absolute Gasteiger partial charge is 0.491 e. The van der Waals surface area contributed by atoms with Crippen LogP contribution in [0.5, 0.6) is 5.75 Å². The van der Waals surface area contributed by atoms with Gasteiger partial charge in [0.2, 0.25) is 0 Å². The summed E-state index contributed by atoms with van der Waals surface area (Å²) in [6, 6.07) is 10.5. The van der Waals surface area contributed by atoms with Crippen molar-refractivity contribution in [3.05, 3.63) is 30.3 Å². The first-order valence-corrected chi connectivity index (χ1v) is 7.06. The molecule has 1 saturated heterocycles. The number of ether oxygens (including phenoxy) is 2. The highest BCUT2D eigenvalue weighted by molar-refractivity contribution is 5.20. The van der Waals surface area contributed by atoms with Crippen LogP contribution in [-0.2, 0) is 4.74 Å². The second-order valence-electron chi connectivity index (χ2n) is 4.86. The Hall–Kier alpha value is -1.10. The predicted molar refractivity (Wildman–Crippen MR) is 76.7 cm³/mol. The van der Waals surface area contributed by atoms with E-state index in [0.29, 0.717) is 19.3 Å². The second kappa shape index (κ2) is 8.15. The molecule has 1 atom stereocenters. The van der Waals surface area contributed by atoms with E-state index in [1.54, 1.807) is 0 Å². The van der Waals surface area contributed by atoms with Crippen LogP contribution in [0.25, 0.3) is 0 Å². The highest BCUT2D eigenvalue weighted by Crippen LogP contribution is 2.07. The highest BCUT2D eigenvalue weighted by atomic mass is 16.5. The lowest BCUT2D eigenvalue weighted by Gasteiger charge is -2.33. The number of piperazine rings is 1. The van der Waals surface area contributed by atoms with Crippen LogP contribution in [0.15, 0.2) is 30.3 Å². The van der Waals surface area contributed by atoms with Crippen molar-refractivity contribution in [2.24, 2.45) is 0 Å². The topological polar surface area (TPSA) is 33.7 Å². The molecule has 1 aliphatic heterocycles. The number of nitrogens with one attached hydrogen (secondary N) is 1. The lowest BCUT2D eigenvalue weighted by atomic mass is 10.2. The number of para-hydroxylation sites is 1. The van der Waals surface area contributed by atoms with Crippen LogP contribution in [-0.4, -0.2) is 56.9 Å². The first-order chi connectivity index (χ1) is 9.36. The van der Waals surface area contributed by atoms with Crippen LogP contribution in [0.2, 0.25) is 0 Å². The summed E-state index contributed by atoms with van der Waals surface area (Å²) in [5.41, 5.74) is 0. The zero-order valence-electron chi connectivity index (χ0n) is 11.7. The highest BCUT2D eigenvalue weighted by Gasteiger charge is 2.16. The Bertz CT molecular complexity index is 345. The fourth-order valence-electron chi connectivity index (χ4n) is 2.23. The molecule has 1 aliphatic rings. The van der Waals surface area contributed by atoms with Crippen molar-refractivity contribution in [2.45, 2.75) is 13.0 Å². The zero-order chi connectivity index (χ0) is 13.3. The molecule has 0 spiro atoms. The van der Waals surface area contributed by atoms with Gasteiger partial charge >= 0.3 is 0 Å². The third-order valence-corrected chi connectivity index (χ3v) is 3.40. The zero-order valence-corrected chi connectivity index (χ0v) is 11.7. The van der Waals surface area contributed by atoms with Crippen molar-refractivity contribution in [3.63, 3.8) is 0 Å². The van der Waals surface area contributed by atoms with E-state index in [1.165, 1.54) is 0 Å². The van der Waals surface area contributed by atoms with E-state index in [-0.39, 0.29) is 0 Å². The van der Waals surface area contributed by atoms with Crippen LogP contribution in [0.1, 0.15) is 6.92 Å². The molecule has 1 aromatic carbocycles. The minimum Gasteiger partial charge on any atom is -0.491 e. The fraction of sp³-hybridized carbons (Fsp3) is 0.600. The number of hydrogen-bond donors (Lipinski definition) is 1. The van der Waals surface area contributed by atoms with Gasteiger partial charge in [0.15, 0.2) is 0 Å². The van der Waals surface area contributed by atoms with E-state index < -0.39 is 0 Å². The maximum absolute atomic E-state index is 5.62. The molecule has 4 nitrogen and oxygen atoms in total. The number of hydrogen-bond acceptors (Lipinski definition) is 4. The van der Waals surface area contributed by atoms with Crippen molar-refractivity contribution in [2.75, 3.05) is 46.0 Å². The van der Waals surface area contributed by atoms with Gasteiger partial charge in [-0.05, 0) is 19.1 Å². The Morgan fingerprint density at radius 2 is 2.05 bits per heavy atom. The van der Waals surface area contributed by atoms with Gasteiger partial charge in [-0.15, -0.1) is 0 Å². The van der Waals surface area contributed by atoms with Gasteiger partial charge in [0.25, 0.3) is 0 Å². The summed E-state index contributed by atoms with van der Waals surface area (Å²) >= 11 is 0. The molecule has 19 heavy (non-hydrogen) atoms. The number of benzene rings is 1. The van der Waals surface area contributed by atoms with E-state index in [2.05, 4.69) is 17.1 Å². The Labute approximate surface area is 115 Å². The fourth-order valence-corrected chi connectivity index (χ4v) is 2.23. The normalized spacial score (nSPS) is 20.4. The molecule has 0 bridgehead atoms. The predicted octanol–water partition coefficient (Wildman–Crippen LogP) is 1.38. The quantitative estimate of drug-likeness (QED) is 0.754. The van der Waals surface area contributed by atoms with E-state index in [0.717, 1.165) is 38.5 Å². The van der Waals surface area contributed by atoms with Gasteiger partial charge in [-0.2, -0.15) is 0 Å². The molecule has 0 unspecified atom stereocenters. The molecule has 0 amide bonds. The van der Waals surface area contributed by atoms with Gasteiger partial charge in [-0.25, -0.2) is 0 Å². The molecule has 0 saturated carbocycles. The summed E-state index contributed by atoms with van der Waals surface area (Å²) in [5.74, 6) is 0.904. The summed E-state index contributed by atoms with van der Waals surface area (Å²) in [4.78, 5) is 2.47. The SMILES string of the molecule is C[C@H]1CNCCN1CCOCCOc1ccccc1. The molecule has 106 valence electrons. The maximum atomic E-state index is 5.62. The van der Waals surface area contributed by atoms with Crippen LogP contribution < -0.4 is 10.1 Å². The lowest BCUT2D eigenvalue weighted by molar-refractivity contribution is 0.0643. The molecule has 4 heteroatoms. The summed E-state index contributed by atoms with van der Waals surface area (Å²) in [5, 5.41) is 3.39. The van der Waals surface area contributed by atoms with Gasteiger partial charge in [0, 0.05) is 32.2 Å². The molecular weight excluding hydrogens is 240 g/mol. The summed E-state index contributed by atoms with van der Waals surface area (Å²) in [6.45, 7) is 8.58. The Kier molecular flexibility index (Phi) is 6.14. The minimum absolute atomic E-state index is 0.609. The standard InChI is InChI=1S/C15H24N2O2/c1-14-13-16-7-8-17(14)9-10-18-11-12-19-15-5-3-2-4-6-15/h2-6,14,16H,7-13H2,1H3/t14-/m0/s1. The second-order valence-corrected chi connectivity index (χ2v) is 4.86. The molecule has 0 radical (unpaired) electrons. The molecule has 1 N–H and O–H groups in total. The Balaban J connectivity index is 1.50. The van der Waals surface area contributed by atoms with Crippen molar-refractivity contribution in [3.8, 4) is 5.75 Å². The molecular formula is C15H24N2O2. The average Bonchev–Trinajstić information content (AvgIpc) is 2.45. The van der Waals surface area contributed by atoms with Crippen molar-refractivity contribution < 1.29 is 9.47 Å². The van der Waals surface area contributed by atoms with Crippen LogP contribution in [0.4, 0.5) is 0 Å². The van der Waals surface area contributed by atoms with E-state index in [1.807, 2.05) is 30.3 Å². The molecule has 1 heterocycles. The van der Waals surface area contributed by atoms with Gasteiger partial charge in [0.1, 0.15) is 12.4 Å². The Morgan fingerprint density at radius 1 is 1.21 bits per heavy atom. The third kappa shape index (κ3) is 5.19. The number of rotatable bonds is 7. The monoisotopic (exact) mass is 264 g/mol. The van der Waals surface area contributed by atoms with Crippen LogP contribution in [0.3, 0.4) is 0 Å². The summed E-state index contributed by atoms with van der Waals surface area (Å²) < 4.78 is 11.2. The van der Waals surface area contributed by atoms with Crippen LogP contribution in [0, 0.1) is 0 Å². The molecule has 1 fully saturated rings. The van der Waals surface area contributed by atoms with Crippen molar-refractivity contribution in [1.29, 1.82) is 0 Å². The Morgan fingerprint density at radius 3 is 2.84 bits per heavy atom.